The van der Waals surface area contributed by atoms with Gasteiger partial charge in [0.05, 0.1) is 0 Å². The lowest BCUT2D eigenvalue weighted by Gasteiger charge is -2.27. The third-order valence-electron chi connectivity index (χ3n) is 6.92. The Morgan fingerprint density at radius 2 is 1.21 bits per heavy atom. The highest BCUT2D eigenvalue weighted by Gasteiger charge is 2.39. The molecule has 0 bridgehead atoms. The molecule has 0 fully saturated rings. The molecular weight excluding hydrogens is 490 g/mol. The van der Waals surface area contributed by atoms with E-state index in [1.54, 1.807) is 0 Å². The number of nitrogens with two attached hydrogens (primary N) is 1. The summed E-state index contributed by atoms with van der Waals surface area (Å²) in [6, 6.07) is 32.1. The normalized spacial score (nSPS) is 13.4. The largest absolute Gasteiger partial charge is 0.445 e. The Labute approximate surface area is 227 Å². The summed E-state index contributed by atoms with van der Waals surface area (Å²) in [6.45, 7) is 0.0614. The number of nitrogens with one attached hydrogen (secondary N) is 2. The number of ether oxygens (including phenoxy) is 1. The standard InChI is InChI=1S/C32H29N3O4/c33-30(36)29(28-25-17-9-7-15-23(25)24-16-8-10-18-26(24)28)35-31(37)27(19-21-11-3-1-4-12-21)34-32(38)39-20-22-13-5-2-6-14-22/h1-18,27-29H,19-20H2,(H2,33,36)(H,34,38)(H,35,37)/t27-,29-/m0/s1. The van der Waals surface area contributed by atoms with Crippen molar-refractivity contribution in [3.05, 3.63) is 131 Å². The number of alkyl carbamates (subject to hydrolysis) is 1. The number of carbonyl (C=O) groups is 3. The summed E-state index contributed by atoms with van der Waals surface area (Å²) < 4.78 is 5.37. The molecule has 196 valence electrons. The molecule has 4 N–H and O–H groups in total. The first kappa shape index (κ1) is 25.7. The minimum atomic E-state index is -1.03. The lowest BCUT2D eigenvalue weighted by Crippen LogP contribution is -2.55. The molecule has 7 heteroatoms. The second-order valence-electron chi connectivity index (χ2n) is 9.49. The number of carbonyl (C=O) groups excluding carboxylic acids is 3. The molecule has 0 saturated carbocycles. The van der Waals surface area contributed by atoms with Gasteiger partial charge in [0.2, 0.25) is 11.8 Å². The highest BCUT2D eigenvalue weighted by Crippen LogP contribution is 2.46. The third kappa shape index (κ3) is 5.83. The van der Waals surface area contributed by atoms with Crippen LogP contribution in [-0.4, -0.2) is 30.0 Å². The molecule has 0 heterocycles. The van der Waals surface area contributed by atoms with Crippen molar-refractivity contribution in [3.8, 4) is 11.1 Å². The zero-order valence-electron chi connectivity index (χ0n) is 21.2. The minimum Gasteiger partial charge on any atom is -0.445 e. The first-order valence-electron chi connectivity index (χ1n) is 12.8. The van der Waals surface area contributed by atoms with Crippen LogP contribution in [0.3, 0.4) is 0 Å². The Balaban J connectivity index is 1.38. The SMILES string of the molecule is NC(=O)[C@@H](NC(=O)[C@H](Cc1ccccc1)NC(=O)OCc1ccccc1)C1c2ccccc2-c2ccccc21. The van der Waals surface area contributed by atoms with E-state index in [1.165, 1.54) is 0 Å². The van der Waals surface area contributed by atoms with Gasteiger partial charge in [0.25, 0.3) is 0 Å². The summed E-state index contributed by atoms with van der Waals surface area (Å²) in [5.74, 6) is -1.65. The van der Waals surface area contributed by atoms with E-state index in [0.717, 1.165) is 33.4 Å². The molecule has 0 unspecified atom stereocenters. The van der Waals surface area contributed by atoms with Crippen LogP contribution in [-0.2, 0) is 27.4 Å². The van der Waals surface area contributed by atoms with Crippen molar-refractivity contribution in [2.24, 2.45) is 5.73 Å². The molecule has 3 amide bonds. The van der Waals surface area contributed by atoms with Crippen molar-refractivity contribution in [2.75, 3.05) is 0 Å². The van der Waals surface area contributed by atoms with Gasteiger partial charge in [0.15, 0.2) is 0 Å². The molecule has 1 aliphatic carbocycles. The van der Waals surface area contributed by atoms with Crippen LogP contribution in [0.15, 0.2) is 109 Å². The van der Waals surface area contributed by atoms with Crippen molar-refractivity contribution in [1.82, 2.24) is 10.6 Å². The molecule has 0 saturated heterocycles. The Morgan fingerprint density at radius 1 is 0.692 bits per heavy atom. The van der Waals surface area contributed by atoms with Crippen molar-refractivity contribution in [2.45, 2.75) is 31.0 Å². The summed E-state index contributed by atoms with van der Waals surface area (Å²) in [4.78, 5) is 39.2. The summed E-state index contributed by atoms with van der Waals surface area (Å²) in [5.41, 5.74) is 11.4. The van der Waals surface area contributed by atoms with Crippen molar-refractivity contribution < 1.29 is 19.1 Å². The predicted octanol–water partition coefficient (Wildman–Crippen LogP) is 4.31. The fourth-order valence-electron chi connectivity index (χ4n) is 5.09. The molecule has 4 aromatic rings. The van der Waals surface area contributed by atoms with Gasteiger partial charge in [-0.3, -0.25) is 9.59 Å². The summed E-state index contributed by atoms with van der Waals surface area (Å²) in [6.07, 6.45) is -0.529. The Hall–Kier alpha value is -4.91. The predicted molar refractivity (Wildman–Crippen MR) is 149 cm³/mol. The van der Waals surface area contributed by atoms with E-state index in [4.69, 9.17) is 10.5 Å². The van der Waals surface area contributed by atoms with Crippen LogP contribution in [0, 0.1) is 0 Å². The summed E-state index contributed by atoms with van der Waals surface area (Å²) in [5, 5.41) is 5.54. The van der Waals surface area contributed by atoms with Crippen LogP contribution >= 0.6 is 0 Å². The van der Waals surface area contributed by atoms with E-state index in [1.807, 2.05) is 109 Å². The first-order chi connectivity index (χ1) is 19.0. The average molecular weight is 520 g/mol. The molecule has 39 heavy (non-hydrogen) atoms. The van der Waals surface area contributed by atoms with Crippen LogP contribution in [0.4, 0.5) is 4.79 Å². The smallest absolute Gasteiger partial charge is 0.408 e. The van der Waals surface area contributed by atoms with Gasteiger partial charge in [0, 0.05) is 12.3 Å². The fraction of sp³-hybridized carbons (Fsp3) is 0.156. The van der Waals surface area contributed by atoms with E-state index < -0.39 is 35.9 Å². The maximum atomic E-state index is 13.7. The molecule has 4 aromatic carbocycles. The van der Waals surface area contributed by atoms with Crippen molar-refractivity contribution >= 4 is 17.9 Å². The monoisotopic (exact) mass is 519 g/mol. The van der Waals surface area contributed by atoms with E-state index >= 15 is 0 Å². The van der Waals surface area contributed by atoms with Crippen LogP contribution in [0.1, 0.15) is 28.2 Å². The molecule has 7 nitrogen and oxygen atoms in total. The van der Waals surface area contributed by atoms with E-state index in [0.29, 0.717) is 0 Å². The number of hydrogen-bond donors (Lipinski definition) is 3. The van der Waals surface area contributed by atoms with Crippen LogP contribution < -0.4 is 16.4 Å². The zero-order valence-corrected chi connectivity index (χ0v) is 21.2. The van der Waals surface area contributed by atoms with Crippen LogP contribution in [0.5, 0.6) is 0 Å². The minimum absolute atomic E-state index is 0.0614. The van der Waals surface area contributed by atoms with Crippen molar-refractivity contribution in [3.63, 3.8) is 0 Å². The highest BCUT2D eigenvalue weighted by atomic mass is 16.5. The first-order valence-corrected chi connectivity index (χ1v) is 12.8. The topological polar surface area (TPSA) is 111 Å². The average Bonchev–Trinajstić information content (AvgIpc) is 3.29. The second-order valence-corrected chi connectivity index (χ2v) is 9.49. The number of primary amides is 1. The van der Waals surface area contributed by atoms with Gasteiger partial charge in [-0.25, -0.2) is 4.79 Å². The molecule has 1 aliphatic rings. The number of amides is 3. The molecule has 0 spiro atoms. The summed E-state index contributed by atoms with van der Waals surface area (Å²) >= 11 is 0. The van der Waals surface area contributed by atoms with E-state index in [9.17, 15) is 14.4 Å². The Bertz CT molecular complexity index is 1430. The maximum absolute atomic E-state index is 13.7. The number of rotatable bonds is 9. The Kier molecular flexibility index (Phi) is 7.68. The summed E-state index contributed by atoms with van der Waals surface area (Å²) in [7, 11) is 0. The zero-order chi connectivity index (χ0) is 27.2. The van der Waals surface area contributed by atoms with Gasteiger partial charge < -0.3 is 21.1 Å². The molecule has 5 rings (SSSR count). The van der Waals surface area contributed by atoms with Gasteiger partial charge >= 0.3 is 6.09 Å². The second kappa shape index (κ2) is 11.6. The number of benzene rings is 4. The quantitative estimate of drug-likeness (QED) is 0.306. The van der Waals surface area contributed by atoms with Crippen LogP contribution in [0.25, 0.3) is 11.1 Å². The van der Waals surface area contributed by atoms with Gasteiger partial charge in [-0.1, -0.05) is 109 Å². The van der Waals surface area contributed by atoms with Crippen molar-refractivity contribution in [1.29, 1.82) is 0 Å². The molecular formula is C32H29N3O4. The van der Waals surface area contributed by atoms with Crippen LogP contribution in [0.2, 0.25) is 0 Å². The van der Waals surface area contributed by atoms with Gasteiger partial charge in [-0.05, 0) is 33.4 Å². The third-order valence-corrected chi connectivity index (χ3v) is 6.92. The fourth-order valence-corrected chi connectivity index (χ4v) is 5.09. The highest BCUT2D eigenvalue weighted by molar-refractivity contribution is 5.93. The molecule has 0 aliphatic heterocycles. The maximum Gasteiger partial charge on any atom is 0.408 e. The van der Waals surface area contributed by atoms with E-state index in [-0.39, 0.29) is 13.0 Å². The molecule has 0 radical (unpaired) electrons. The van der Waals surface area contributed by atoms with E-state index in [2.05, 4.69) is 10.6 Å². The number of fused-ring (bicyclic) bond motifs is 3. The lowest BCUT2D eigenvalue weighted by molar-refractivity contribution is -0.128. The number of hydrogen-bond acceptors (Lipinski definition) is 4. The van der Waals surface area contributed by atoms with Gasteiger partial charge in [0.1, 0.15) is 18.7 Å². The van der Waals surface area contributed by atoms with Gasteiger partial charge in [-0.2, -0.15) is 0 Å². The van der Waals surface area contributed by atoms with Gasteiger partial charge in [-0.15, -0.1) is 0 Å². The Morgan fingerprint density at radius 3 is 1.77 bits per heavy atom. The lowest BCUT2D eigenvalue weighted by atomic mass is 9.88. The molecule has 0 aromatic heterocycles. The molecule has 2 atom stereocenters.